The van der Waals surface area contributed by atoms with Crippen molar-refractivity contribution in [2.75, 3.05) is 5.73 Å². The molecule has 4 N–H and O–H groups in total. The summed E-state index contributed by atoms with van der Waals surface area (Å²) < 4.78 is 0. The molecule has 0 fully saturated rings. The minimum absolute atomic E-state index is 0.0362. The summed E-state index contributed by atoms with van der Waals surface area (Å²) in [5.41, 5.74) is 9.11. The molecule has 5 nitrogen and oxygen atoms in total. The Balaban J connectivity index is 2.15. The molecule has 0 unspecified atom stereocenters. The van der Waals surface area contributed by atoms with Gasteiger partial charge in [0.2, 0.25) is 0 Å². The van der Waals surface area contributed by atoms with Crippen molar-refractivity contribution in [1.29, 1.82) is 0 Å². The van der Waals surface area contributed by atoms with Gasteiger partial charge < -0.3 is 10.8 Å². The van der Waals surface area contributed by atoms with Crippen molar-refractivity contribution in [1.82, 2.24) is 10.2 Å². The smallest absolute Gasteiger partial charge is 0.357 e. The molecule has 5 heteroatoms. The fourth-order valence-electron chi connectivity index (χ4n) is 2.08. The van der Waals surface area contributed by atoms with E-state index in [1.54, 1.807) is 6.07 Å². The van der Waals surface area contributed by atoms with Crippen LogP contribution in [0.3, 0.4) is 0 Å². The van der Waals surface area contributed by atoms with Gasteiger partial charge >= 0.3 is 5.97 Å². The average molecular weight is 253 g/mol. The van der Waals surface area contributed by atoms with Crippen LogP contribution in [0.15, 0.2) is 42.5 Å². The minimum atomic E-state index is -1.04. The van der Waals surface area contributed by atoms with Crippen molar-refractivity contribution in [3.05, 3.63) is 48.2 Å². The van der Waals surface area contributed by atoms with Crippen molar-refractivity contribution < 1.29 is 9.90 Å². The summed E-state index contributed by atoms with van der Waals surface area (Å²) >= 11 is 0. The minimum Gasteiger partial charge on any atom is -0.476 e. The second-order valence-corrected chi connectivity index (χ2v) is 4.26. The van der Waals surface area contributed by atoms with Gasteiger partial charge in [0.05, 0.1) is 5.52 Å². The molecule has 1 heterocycles. The summed E-state index contributed by atoms with van der Waals surface area (Å²) in [6, 6.07) is 13.0. The molecule has 0 aliphatic heterocycles. The average Bonchev–Trinajstić information content (AvgIpc) is 2.81. The molecule has 1 aromatic heterocycles. The number of H-pyrrole nitrogens is 1. The highest BCUT2D eigenvalue weighted by Gasteiger charge is 2.12. The molecule has 0 aliphatic carbocycles. The molecular weight excluding hydrogens is 242 g/mol. The highest BCUT2D eigenvalue weighted by molar-refractivity contribution is 6.01. The standard InChI is InChI=1S/C14H11N3O2/c15-10-3-1-2-8(6-10)9-4-5-11-12(7-9)16-17-13(11)14(18)19/h1-7H,15H2,(H,16,17)(H,18,19). The summed E-state index contributed by atoms with van der Waals surface area (Å²) in [4.78, 5) is 11.0. The number of hydrogen-bond acceptors (Lipinski definition) is 3. The lowest BCUT2D eigenvalue weighted by molar-refractivity contribution is 0.0692. The number of aromatic carboxylic acids is 1. The Hall–Kier alpha value is -2.82. The van der Waals surface area contributed by atoms with Gasteiger partial charge in [0.1, 0.15) is 0 Å². The summed E-state index contributed by atoms with van der Waals surface area (Å²) in [7, 11) is 0. The zero-order valence-corrected chi connectivity index (χ0v) is 9.92. The molecule has 0 spiro atoms. The van der Waals surface area contributed by atoms with E-state index in [2.05, 4.69) is 10.2 Å². The van der Waals surface area contributed by atoms with Crippen LogP contribution in [0.1, 0.15) is 10.5 Å². The number of carbonyl (C=O) groups is 1. The Morgan fingerprint density at radius 2 is 1.95 bits per heavy atom. The zero-order chi connectivity index (χ0) is 13.4. The van der Waals surface area contributed by atoms with E-state index in [9.17, 15) is 4.79 Å². The predicted molar refractivity (Wildman–Crippen MR) is 72.9 cm³/mol. The van der Waals surface area contributed by atoms with Gasteiger partial charge in [0.25, 0.3) is 0 Å². The van der Waals surface area contributed by atoms with Gasteiger partial charge in [-0.3, -0.25) is 5.10 Å². The molecular formula is C14H11N3O2. The molecule has 3 rings (SSSR count). The molecule has 0 saturated heterocycles. The molecule has 0 saturated carbocycles. The topological polar surface area (TPSA) is 92.0 Å². The van der Waals surface area contributed by atoms with E-state index in [4.69, 9.17) is 10.8 Å². The van der Waals surface area contributed by atoms with E-state index in [1.165, 1.54) is 0 Å². The van der Waals surface area contributed by atoms with E-state index in [0.29, 0.717) is 16.6 Å². The Morgan fingerprint density at radius 1 is 1.16 bits per heavy atom. The first-order valence-corrected chi connectivity index (χ1v) is 5.72. The van der Waals surface area contributed by atoms with Crippen LogP contribution in [-0.4, -0.2) is 21.3 Å². The first-order chi connectivity index (χ1) is 9.15. The third-order valence-corrected chi connectivity index (χ3v) is 2.99. The third-order valence-electron chi connectivity index (χ3n) is 2.99. The molecule has 0 aliphatic rings. The molecule has 3 aromatic rings. The van der Waals surface area contributed by atoms with Crippen LogP contribution in [0, 0.1) is 0 Å². The van der Waals surface area contributed by atoms with E-state index in [0.717, 1.165) is 11.1 Å². The van der Waals surface area contributed by atoms with Crippen molar-refractivity contribution in [3.8, 4) is 11.1 Å². The monoisotopic (exact) mass is 253 g/mol. The molecule has 0 radical (unpaired) electrons. The Kier molecular flexibility index (Phi) is 2.45. The number of carboxylic acids is 1. The van der Waals surface area contributed by atoms with Crippen LogP contribution < -0.4 is 5.73 Å². The van der Waals surface area contributed by atoms with Gasteiger partial charge in [-0.15, -0.1) is 0 Å². The SMILES string of the molecule is Nc1cccc(-c2ccc3c(C(=O)O)n[nH]c3c2)c1. The van der Waals surface area contributed by atoms with E-state index >= 15 is 0 Å². The van der Waals surface area contributed by atoms with Gasteiger partial charge in [0, 0.05) is 11.1 Å². The van der Waals surface area contributed by atoms with Crippen LogP contribution in [0.25, 0.3) is 22.0 Å². The van der Waals surface area contributed by atoms with Crippen molar-refractivity contribution in [2.45, 2.75) is 0 Å². The van der Waals surface area contributed by atoms with Crippen LogP contribution in [0.4, 0.5) is 5.69 Å². The van der Waals surface area contributed by atoms with Crippen molar-refractivity contribution >= 4 is 22.6 Å². The number of benzene rings is 2. The molecule has 19 heavy (non-hydrogen) atoms. The summed E-state index contributed by atoms with van der Waals surface area (Å²) in [5.74, 6) is -1.04. The number of fused-ring (bicyclic) bond motifs is 1. The predicted octanol–water partition coefficient (Wildman–Crippen LogP) is 2.51. The van der Waals surface area contributed by atoms with Gasteiger partial charge in [-0.1, -0.05) is 18.2 Å². The Bertz CT molecular complexity index is 777. The number of rotatable bonds is 2. The van der Waals surface area contributed by atoms with Gasteiger partial charge in [-0.25, -0.2) is 4.79 Å². The maximum atomic E-state index is 11.0. The third kappa shape index (κ3) is 1.91. The number of nitrogen functional groups attached to an aromatic ring is 1. The van der Waals surface area contributed by atoms with Crippen LogP contribution in [0.5, 0.6) is 0 Å². The number of anilines is 1. The van der Waals surface area contributed by atoms with Crippen molar-refractivity contribution in [2.24, 2.45) is 0 Å². The number of aromatic nitrogens is 2. The summed E-state index contributed by atoms with van der Waals surface area (Å²) in [6.07, 6.45) is 0. The summed E-state index contributed by atoms with van der Waals surface area (Å²) in [5, 5.41) is 16.1. The quantitative estimate of drug-likeness (QED) is 0.612. The molecule has 94 valence electrons. The maximum Gasteiger partial charge on any atom is 0.357 e. The lowest BCUT2D eigenvalue weighted by atomic mass is 10.0. The van der Waals surface area contributed by atoms with Crippen LogP contribution >= 0.6 is 0 Å². The Labute approximate surface area is 108 Å². The van der Waals surface area contributed by atoms with E-state index in [1.807, 2.05) is 36.4 Å². The normalized spacial score (nSPS) is 10.7. The number of carboxylic acid groups (broad SMARTS) is 1. The first kappa shape index (κ1) is 11.3. The fourth-order valence-corrected chi connectivity index (χ4v) is 2.08. The van der Waals surface area contributed by atoms with Gasteiger partial charge in [0.15, 0.2) is 5.69 Å². The number of aromatic amines is 1. The molecule has 0 atom stereocenters. The highest BCUT2D eigenvalue weighted by Crippen LogP contribution is 2.26. The van der Waals surface area contributed by atoms with Crippen molar-refractivity contribution in [3.63, 3.8) is 0 Å². The largest absolute Gasteiger partial charge is 0.476 e. The number of hydrogen-bond donors (Lipinski definition) is 3. The number of nitrogens with zero attached hydrogens (tertiary/aromatic N) is 1. The lowest BCUT2D eigenvalue weighted by Crippen LogP contribution is -1.96. The number of nitrogens with two attached hydrogens (primary N) is 1. The second kappa shape index (κ2) is 4.13. The molecule has 0 amide bonds. The maximum absolute atomic E-state index is 11.0. The van der Waals surface area contributed by atoms with Gasteiger partial charge in [-0.05, 0) is 35.4 Å². The molecule has 2 aromatic carbocycles. The Morgan fingerprint density at radius 3 is 2.68 bits per heavy atom. The lowest BCUT2D eigenvalue weighted by Gasteiger charge is -2.03. The first-order valence-electron chi connectivity index (χ1n) is 5.72. The van der Waals surface area contributed by atoms with Crippen LogP contribution in [0.2, 0.25) is 0 Å². The fraction of sp³-hybridized carbons (Fsp3) is 0. The van der Waals surface area contributed by atoms with Gasteiger partial charge in [-0.2, -0.15) is 5.10 Å². The summed E-state index contributed by atoms with van der Waals surface area (Å²) in [6.45, 7) is 0. The highest BCUT2D eigenvalue weighted by atomic mass is 16.4. The van der Waals surface area contributed by atoms with E-state index < -0.39 is 5.97 Å². The second-order valence-electron chi connectivity index (χ2n) is 4.26. The zero-order valence-electron chi connectivity index (χ0n) is 9.92. The van der Waals surface area contributed by atoms with E-state index in [-0.39, 0.29) is 5.69 Å². The molecule has 0 bridgehead atoms. The van der Waals surface area contributed by atoms with Crippen LogP contribution in [-0.2, 0) is 0 Å². The number of nitrogens with one attached hydrogen (secondary N) is 1.